The van der Waals surface area contributed by atoms with Crippen molar-refractivity contribution in [1.29, 1.82) is 0 Å². The van der Waals surface area contributed by atoms with Crippen molar-refractivity contribution in [1.82, 2.24) is 4.98 Å². The summed E-state index contributed by atoms with van der Waals surface area (Å²) in [5, 5.41) is 0. The smallest absolute Gasteiger partial charge is 0.0178 e. The van der Waals surface area contributed by atoms with Gasteiger partial charge in [0.25, 0.3) is 0 Å². The lowest BCUT2D eigenvalue weighted by atomic mass is 9.95. The summed E-state index contributed by atoms with van der Waals surface area (Å²) in [5.74, 6) is 1.37. The zero-order valence-electron chi connectivity index (χ0n) is 6.89. The van der Waals surface area contributed by atoms with Crippen LogP contribution < -0.4 is 0 Å². The van der Waals surface area contributed by atoms with Gasteiger partial charge in [0.15, 0.2) is 0 Å². The first-order valence-corrected chi connectivity index (χ1v) is 3.85. The zero-order valence-corrected chi connectivity index (χ0v) is 6.89. The lowest BCUT2D eigenvalue weighted by Crippen LogP contribution is -2.01. The van der Waals surface area contributed by atoms with Gasteiger partial charge in [-0.3, -0.25) is 0 Å². The lowest BCUT2D eigenvalue weighted by Gasteiger charge is -2.12. The van der Waals surface area contributed by atoms with Crippen LogP contribution >= 0.6 is 0 Å². The average Bonchev–Trinajstić information content (AvgIpc) is 2.36. The summed E-state index contributed by atoms with van der Waals surface area (Å²) in [6.45, 7) is 6.73. The maximum atomic E-state index is 3.22. The molecule has 0 saturated heterocycles. The van der Waals surface area contributed by atoms with E-state index in [0.29, 0.717) is 5.92 Å². The maximum absolute atomic E-state index is 3.22. The molecule has 1 aromatic rings. The second kappa shape index (κ2) is 2.91. The Morgan fingerprint density at radius 1 is 1.30 bits per heavy atom. The van der Waals surface area contributed by atoms with Gasteiger partial charge in [0.05, 0.1) is 0 Å². The molecule has 0 aliphatic carbocycles. The number of H-pyrrole nitrogens is 1. The summed E-state index contributed by atoms with van der Waals surface area (Å²) < 4.78 is 0. The molecule has 0 aliphatic heterocycles. The normalized spacial score (nSPS) is 14.0. The molecule has 1 unspecified atom stereocenters. The Kier molecular flexibility index (Phi) is 2.15. The fraction of sp³-hybridized carbons (Fsp3) is 0.556. The van der Waals surface area contributed by atoms with Crippen molar-refractivity contribution in [3.05, 3.63) is 24.0 Å². The molecular formula is C9H15N. The first-order valence-electron chi connectivity index (χ1n) is 3.85. The molecule has 1 N–H and O–H groups in total. The molecule has 1 rings (SSSR count). The van der Waals surface area contributed by atoms with E-state index in [-0.39, 0.29) is 0 Å². The van der Waals surface area contributed by atoms with Crippen molar-refractivity contribution >= 4 is 0 Å². The van der Waals surface area contributed by atoms with Crippen LogP contribution in [0, 0.1) is 5.92 Å². The molecule has 1 heterocycles. The van der Waals surface area contributed by atoms with E-state index in [4.69, 9.17) is 0 Å². The van der Waals surface area contributed by atoms with Gasteiger partial charge in [0, 0.05) is 11.9 Å². The van der Waals surface area contributed by atoms with Gasteiger partial charge in [-0.25, -0.2) is 0 Å². The summed E-state index contributed by atoms with van der Waals surface area (Å²) in [5.41, 5.74) is 1.34. The first-order chi connectivity index (χ1) is 4.72. The fourth-order valence-electron chi connectivity index (χ4n) is 0.987. The van der Waals surface area contributed by atoms with Crippen LogP contribution in [0.5, 0.6) is 0 Å². The van der Waals surface area contributed by atoms with Gasteiger partial charge in [-0.1, -0.05) is 20.8 Å². The summed E-state index contributed by atoms with van der Waals surface area (Å²) in [4.78, 5) is 3.22. The van der Waals surface area contributed by atoms with Crippen LogP contribution in [0.3, 0.4) is 0 Å². The Labute approximate surface area is 62.5 Å². The monoisotopic (exact) mass is 137 g/mol. The van der Waals surface area contributed by atoms with E-state index in [1.165, 1.54) is 5.69 Å². The molecule has 0 aromatic carbocycles. The molecular weight excluding hydrogens is 122 g/mol. The largest absolute Gasteiger partial charge is 0.365 e. The summed E-state index contributed by atoms with van der Waals surface area (Å²) in [7, 11) is 0. The predicted molar refractivity (Wildman–Crippen MR) is 44.0 cm³/mol. The number of nitrogens with one attached hydrogen (secondary N) is 1. The SMILES string of the molecule is CC(C)C(C)c1ccc[nH]1. The van der Waals surface area contributed by atoms with Crippen molar-refractivity contribution in [2.45, 2.75) is 26.7 Å². The molecule has 56 valence electrons. The van der Waals surface area contributed by atoms with Gasteiger partial charge in [-0.2, -0.15) is 0 Å². The number of rotatable bonds is 2. The van der Waals surface area contributed by atoms with E-state index in [2.05, 4.69) is 31.8 Å². The van der Waals surface area contributed by atoms with Gasteiger partial charge in [0.1, 0.15) is 0 Å². The van der Waals surface area contributed by atoms with Crippen molar-refractivity contribution in [3.63, 3.8) is 0 Å². The highest BCUT2D eigenvalue weighted by atomic mass is 14.7. The molecule has 0 saturated carbocycles. The topological polar surface area (TPSA) is 15.8 Å². The second-order valence-electron chi connectivity index (χ2n) is 3.16. The molecule has 1 nitrogen and oxygen atoms in total. The number of hydrogen-bond acceptors (Lipinski definition) is 0. The molecule has 0 spiro atoms. The van der Waals surface area contributed by atoms with Gasteiger partial charge in [-0.15, -0.1) is 0 Å². The standard InChI is InChI=1S/C9H15N/c1-7(2)8(3)9-5-4-6-10-9/h4-8,10H,1-3H3. The highest BCUT2D eigenvalue weighted by Crippen LogP contribution is 2.20. The molecule has 0 amide bonds. The van der Waals surface area contributed by atoms with Crippen LogP contribution in [0.1, 0.15) is 32.4 Å². The van der Waals surface area contributed by atoms with Gasteiger partial charge >= 0.3 is 0 Å². The Hall–Kier alpha value is -0.720. The Balaban J connectivity index is 2.68. The average molecular weight is 137 g/mol. The molecule has 1 heteroatoms. The number of hydrogen-bond donors (Lipinski definition) is 1. The molecule has 0 aliphatic rings. The van der Waals surface area contributed by atoms with Crippen LogP contribution in [0.25, 0.3) is 0 Å². The lowest BCUT2D eigenvalue weighted by molar-refractivity contribution is 0.526. The number of aromatic nitrogens is 1. The summed E-state index contributed by atoms with van der Waals surface area (Å²) in [6, 6.07) is 4.19. The zero-order chi connectivity index (χ0) is 7.56. The van der Waals surface area contributed by atoms with Crippen LogP contribution in [0.15, 0.2) is 18.3 Å². The van der Waals surface area contributed by atoms with E-state index in [1.54, 1.807) is 0 Å². The fourth-order valence-corrected chi connectivity index (χ4v) is 0.987. The Bertz CT molecular complexity index is 175. The third kappa shape index (κ3) is 1.41. The third-order valence-corrected chi connectivity index (χ3v) is 2.11. The highest BCUT2D eigenvalue weighted by molar-refractivity contribution is 5.09. The minimum atomic E-state index is 0.648. The minimum Gasteiger partial charge on any atom is -0.365 e. The molecule has 0 radical (unpaired) electrons. The van der Waals surface area contributed by atoms with Crippen molar-refractivity contribution in [2.24, 2.45) is 5.92 Å². The first kappa shape index (κ1) is 7.39. The van der Waals surface area contributed by atoms with Gasteiger partial charge in [-0.05, 0) is 24.0 Å². The van der Waals surface area contributed by atoms with Gasteiger partial charge < -0.3 is 4.98 Å². The van der Waals surface area contributed by atoms with Crippen LogP contribution in [0.2, 0.25) is 0 Å². The molecule has 0 bridgehead atoms. The van der Waals surface area contributed by atoms with Crippen LogP contribution in [0.4, 0.5) is 0 Å². The van der Waals surface area contributed by atoms with E-state index < -0.39 is 0 Å². The van der Waals surface area contributed by atoms with E-state index in [9.17, 15) is 0 Å². The molecule has 10 heavy (non-hydrogen) atoms. The second-order valence-corrected chi connectivity index (χ2v) is 3.16. The van der Waals surface area contributed by atoms with Crippen molar-refractivity contribution in [3.8, 4) is 0 Å². The Morgan fingerprint density at radius 3 is 2.40 bits per heavy atom. The highest BCUT2D eigenvalue weighted by Gasteiger charge is 2.08. The molecule has 1 atom stereocenters. The van der Waals surface area contributed by atoms with Crippen LogP contribution in [-0.4, -0.2) is 4.98 Å². The predicted octanol–water partition coefficient (Wildman–Crippen LogP) is 2.77. The van der Waals surface area contributed by atoms with Crippen molar-refractivity contribution in [2.75, 3.05) is 0 Å². The van der Waals surface area contributed by atoms with Gasteiger partial charge in [0.2, 0.25) is 0 Å². The maximum Gasteiger partial charge on any atom is 0.0178 e. The minimum absolute atomic E-state index is 0.648. The van der Waals surface area contributed by atoms with E-state index >= 15 is 0 Å². The van der Waals surface area contributed by atoms with Crippen LogP contribution in [-0.2, 0) is 0 Å². The van der Waals surface area contributed by atoms with E-state index in [1.807, 2.05) is 12.3 Å². The third-order valence-electron chi connectivity index (χ3n) is 2.11. The van der Waals surface area contributed by atoms with Crippen molar-refractivity contribution < 1.29 is 0 Å². The summed E-state index contributed by atoms with van der Waals surface area (Å²) in [6.07, 6.45) is 1.98. The van der Waals surface area contributed by atoms with E-state index in [0.717, 1.165) is 5.92 Å². The Morgan fingerprint density at radius 2 is 2.00 bits per heavy atom. The quantitative estimate of drug-likeness (QED) is 0.645. The molecule has 1 aromatic heterocycles. The number of aromatic amines is 1. The summed E-state index contributed by atoms with van der Waals surface area (Å²) >= 11 is 0. The molecule has 0 fully saturated rings.